The molecule has 2 aromatic carbocycles. The van der Waals surface area contributed by atoms with Crippen LogP contribution in [0.25, 0.3) is 11.3 Å². The first-order valence-electron chi connectivity index (χ1n) is 9.92. The molecule has 0 amide bonds. The quantitative estimate of drug-likeness (QED) is 0.469. The van der Waals surface area contributed by atoms with Crippen LogP contribution in [-0.2, 0) is 9.53 Å². The Labute approximate surface area is 186 Å². The van der Waals surface area contributed by atoms with E-state index < -0.39 is 29.6 Å². The SMILES string of the molecule is COC1=CC(c2ccc(OC(F)(F)F)cc2F)CC=C(c2ccnn2-c2ccccc2)C1=O. The van der Waals surface area contributed by atoms with Crippen molar-refractivity contribution in [3.63, 3.8) is 0 Å². The molecule has 0 bridgehead atoms. The van der Waals surface area contributed by atoms with E-state index in [-0.39, 0.29) is 17.7 Å². The third kappa shape index (κ3) is 4.82. The molecule has 170 valence electrons. The number of halogens is 4. The summed E-state index contributed by atoms with van der Waals surface area (Å²) < 4.78 is 62.7. The number of allylic oxidation sites excluding steroid dienone is 3. The Morgan fingerprint density at radius 2 is 1.85 bits per heavy atom. The molecule has 1 aromatic heterocycles. The van der Waals surface area contributed by atoms with Gasteiger partial charge in [0.1, 0.15) is 11.6 Å². The highest BCUT2D eigenvalue weighted by atomic mass is 19.4. The standard InChI is InChI=1S/C24H18F4N2O3/c1-32-22-13-15(18-10-8-17(14-20(18)25)33-24(26,27)28)7-9-19(23(22)31)21-11-12-29-30(21)16-5-3-2-4-6-16/h2-6,8-15H,7H2,1H3. The van der Waals surface area contributed by atoms with Gasteiger partial charge in [0, 0.05) is 17.6 Å². The van der Waals surface area contributed by atoms with Crippen LogP contribution in [0.2, 0.25) is 0 Å². The third-order valence-electron chi connectivity index (χ3n) is 5.14. The molecule has 1 heterocycles. The number of methoxy groups -OCH3 is 1. The summed E-state index contributed by atoms with van der Waals surface area (Å²) in [4.78, 5) is 13.2. The van der Waals surface area contributed by atoms with Gasteiger partial charge in [-0.1, -0.05) is 30.3 Å². The minimum atomic E-state index is -4.93. The molecule has 33 heavy (non-hydrogen) atoms. The number of ketones is 1. The molecular weight excluding hydrogens is 440 g/mol. The average molecular weight is 458 g/mol. The maximum absolute atomic E-state index is 14.7. The number of carbonyl (C=O) groups excluding carboxylic acids is 1. The highest BCUT2D eigenvalue weighted by molar-refractivity contribution is 6.27. The fourth-order valence-corrected chi connectivity index (χ4v) is 3.68. The van der Waals surface area contributed by atoms with Crippen molar-refractivity contribution in [3.8, 4) is 11.4 Å². The molecule has 1 atom stereocenters. The molecule has 9 heteroatoms. The number of hydrogen-bond acceptors (Lipinski definition) is 4. The van der Waals surface area contributed by atoms with Crippen LogP contribution in [0.4, 0.5) is 17.6 Å². The molecule has 1 aliphatic rings. The molecule has 0 N–H and O–H groups in total. The summed E-state index contributed by atoms with van der Waals surface area (Å²) in [6.07, 6.45) is -0.0210. The Balaban J connectivity index is 1.70. The summed E-state index contributed by atoms with van der Waals surface area (Å²) in [5.41, 5.74) is 1.72. The van der Waals surface area contributed by atoms with E-state index in [0.29, 0.717) is 17.3 Å². The first-order chi connectivity index (χ1) is 15.8. The predicted molar refractivity (Wildman–Crippen MR) is 112 cm³/mol. The second-order valence-electron chi connectivity index (χ2n) is 7.22. The molecule has 0 radical (unpaired) electrons. The molecule has 3 aromatic rings. The normalized spacial score (nSPS) is 16.6. The zero-order chi connectivity index (χ0) is 23.6. The Hall–Kier alpha value is -3.88. The molecule has 4 rings (SSSR count). The van der Waals surface area contributed by atoms with Gasteiger partial charge in [-0.2, -0.15) is 5.10 Å². The minimum absolute atomic E-state index is 0.000389. The fraction of sp³-hybridized carbons (Fsp3) is 0.167. The first kappa shape index (κ1) is 22.3. The molecule has 0 spiro atoms. The van der Waals surface area contributed by atoms with Crippen molar-refractivity contribution in [2.75, 3.05) is 7.11 Å². The monoisotopic (exact) mass is 458 g/mol. The van der Waals surface area contributed by atoms with Crippen LogP contribution in [0, 0.1) is 5.82 Å². The van der Waals surface area contributed by atoms with Gasteiger partial charge in [-0.05, 0) is 42.3 Å². The van der Waals surface area contributed by atoms with Gasteiger partial charge < -0.3 is 9.47 Å². The van der Waals surface area contributed by atoms with E-state index in [1.165, 1.54) is 19.3 Å². The number of nitrogens with zero attached hydrogens (tertiary/aromatic N) is 2. The number of hydrogen-bond donors (Lipinski definition) is 0. The number of aromatic nitrogens is 2. The summed E-state index contributed by atoms with van der Waals surface area (Å²) in [6, 6.07) is 13.8. The molecule has 5 nitrogen and oxygen atoms in total. The van der Waals surface area contributed by atoms with E-state index in [9.17, 15) is 22.4 Å². The number of alkyl halides is 3. The van der Waals surface area contributed by atoms with Gasteiger partial charge in [0.25, 0.3) is 0 Å². The maximum Gasteiger partial charge on any atom is 0.573 e. The molecule has 0 saturated carbocycles. The van der Waals surface area contributed by atoms with Crippen LogP contribution in [0.3, 0.4) is 0 Å². The number of para-hydroxylation sites is 1. The molecule has 0 fully saturated rings. The Morgan fingerprint density at radius 3 is 2.52 bits per heavy atom. The van der Waals surface area contributed by atoms with Crippen LogP contribution in [-0.4, -0.2) is 29.0 Å². The van der Waals surface area contributed by atoms with Gasteiger partial charge in [-0.15, -0.1) is 13.2 Å². The Kier molecular flexibility index (Phi) is 6.04. The molecule has 0 aliphatic heterocycles. The lowest BCUT2D eigenvalue weighted by Crippen LogP contribution is -2.17. The van der Waals surface area contributed by atoms with Crippen LogP contribution < -0.4 is 4.74 Å². The van der Waals surface area contributed by atoms with Gasteiger partial charge in [-0.25, -0.2) is 9.07 Å². The molecular formula is C24H18F4N2O3. The van der Waals surface area contributed by atoms with Gasteiger partial charge in [-0.3, -0.25) is 4.79 Å². The van der Waals surface area contributed by atoms with E-state index in [0.717, 1.165) is 11.8 Å². The van der Waals surface area contributed by atoms with E-state index in [2.05, 4.69) is 9.84 Å². The second-order valence-corrected chi connectivity index (χ2v) is 7.22. The summed E-state index contributed by atoms with van der Waals surface area (Å²) in [7, 11) is 1.33. The number of rotatable bonds is 5. The second kappa shape index (κ2) is 8.93. The van der Waals surface area contributed by atoms with Crippen molar-refractivity contribution in [3.05, 3.63) is 95.8 Å². The number of Topliss-reactive ketones (excluding diaryl/α,β-unsaturated/α-hetero) is 1. The van der Waals surface area contributed by atoms with Crippen LogP contribution in [0.5, 0.6) is 5.75 Å². The molecule has 1 unspecified atom stereocenters. The summed E-state index contributed by atoms with van der Waals surface area (Å²) in [5.74, 6) is -2.59. The zero-order valence-electron chi connectivity index (χ0n) is 17.3. The number of benzene rings is 2. The highest BCUT2D eigenvalue weighted by Crippen LogP contribution is 2.35. The van der Waals surface area contributed by atoms with E-state index in [4.69, 9.17) is 4.74 Å². The lowest BCUT2D eigenvalue weighted by atomic mass is 9.94. The van der Waals surface area contributed by atoms with Crippen LogP contribution in [0.1, 0.15) is 23.6 Å². The van der Waals surface area contributed by atoms with Crippen molar-refractivity contribution in [2.24, 2.45) is 0 Å². The smallest absolute Gasteiger partial charge is 0.493 e. The predicted octanol–water partition coefficient (Wildman–Crippen LogP) is 5.58. The Bertz CT molecular complexity index is 1230. The van der Waals surface area contributed by atoms with E-state index in [1.807, 2.05) is 30.3 Å². The topological polar surface area (TPSA) is 53.4 Å². The lowest BCUT2D eigenvalue weighted by Gasteiger charge is -2.14. The largest absolute Gasteiger partial charge is 0.573 e. The van der Waals surface area contributed by atoms with Gasteiger partial charge in [0.05, 0.1) is 24.7 Å². The van der Waals surface area contributed by atoms with Gasteiger partial charge in [0.2, 0.25) is 5.78 Å². The fourth-order valence-electron chi connectivity index (χ4n) is 3.68. The summed E-state index contributed by atoms with van der Waals surface area (Å²) >= 11 is 0. The van der Waals surface area contributed by atoms with Crippen LogP contribution >= 0.6 is 0 Å². The van der Waals surface area contributed by atoms with Crippen molar-refractivity contribution in [2.45, 2.75) is 18.7 Å². The summed E-state index contributed by atoms with van der Waals surface area (Å²) in [6.45, 7) is 0. The average Bonchev–Trinajstić information content (AvgIpc) is 3.19. The van der Waals surface area contributed by atoms with Crippen molar-refractivity contribution >= 4 is 11.4 Å². The van der Waals surface area contributed by atoms with Crippen molar-refractivity contribution in [1.82, 2.24) is 9.78 Å². The summed E-state index contributed by atoms with van der Waals surface area (Å²) in [5, 5.41) is 4.31. The van der Waals surface area contributed by atoms with E-state index in [1.54, 1.807) is 23.0 Å². The van der Waals surface area contributed by atoms with Crippen molar-refractivity contribution in [1.29, 1.82) is 0 Å². The third-order valence-corrected chi connectivity index (χ3v) is 5.14. The minimum Gasteiger partial charge on any atom is -0.493 e. The zero-order valence-corrected chi connectivity index (χ0v) is 17.3. The lowest BCUT2D eigenvalue weighted by molar-refractivity contribution is -0.274. The van der Waals surface area contributed by atoms with Gasteiger partial charge >= 0.3 is 6.36 Å². The number of ether oxygens (including phenoxy) is 2. The number of carbonyl (C=O) groups is 1. The van der Waals surface area contributed by atoms with Gasteiger partial charge in [0.15, 0.2) is 5.76 Å². The molecule has 1 aliphatic carbocycles. The maximum atomic E-state index is 14.7. The molecule has 0 saturated heterocycles. The van der Waals surface area contributed by atoms with Crippen molar-refractivity contribution < 1.29 is 31.8 Å². The highest BCUT2D eigenvalue weighted by Gasteiger charge is 2.32. The van der Waals surface area contributed by atoms with E-state index >= 15 is 0 Å². The Morgan fingerprint density at radius 1 is 1.09 bits per heavy atom. The first-order valence-corrected chi connectivity index (χ1v) is 9.92. The van der Waals surface area contributed by atoms with Crippen LogP contribution in [0.15, 0.2) is 78.7 Å².